The Labute approximate surface area is 233 Å². The van der Waals surface area contributed by atoms with E-state index < -0.39 is 12.1 Å². The molecule has 4 amide bonds. The van der Waals surface area contributed by atoms with Crippen molar-refractivity contribution in [3.8, 4) is 0 Å². The van der Waals surface area contributed by atoms with Crippen LogP contribution in [0, 0.1) is 0 Å². The Hall–Kier alpha value is -4.63. The fraction of sp³-hybridized carbons (Fsp3) is 0.258. The summed E-state index contributed by atoms with van der Waals surface area (Å²) in [4.78, 5) is 41.8. The molecule has 1 aromatic heterocycles. The summed E-state index contributed by atoms with van der Waals surface area (Å²) in [5, 5.41) is 10.0. The number of benzene rings is 3. The number of carbonyl (C=O) groups is 3. The number of para-hydroxylation sites is 1. The van der Waals surface area contributed by atoms with Crippen LogP contribution in [0.4, 0.5) is 4.79 Å². The van der Waals surface area contributed by atoms with Gasteiger partial charge in [0.15, 0.2) is 0 Å². The van der Waals surface area contributed by atoms with Gasteiger partial charge in [0.25, 0.3) is 0 Å². The topological polar surface area (TPSA) is 127 Å². The molecule has 5 rings (SSSR count). The molecule has 3 aromatic carbocycles. The van der Waals surface area contributed by atoms with Gasteiger partial charge in [0.1, 0.15) is 6.04 Å². The van der Waals surface area contributed by atoms with E-state index >= 15 is 0 Å². The maximum absolute atomic E-state index is 13.2. The molecular weight excluding hydrogens is 504 g/mol. The van der Waals surface area contributed by atoms with Gasteiger partial charge in [0, 0.05) is 42.5 Å². The standard InChI is InChI=1S/C31H34N6O3/c38-29(19-27-24-11-5-4-10-22(24)15-17-32-27)36-37-31(40)35-28(18-23-20-34-26-13-7-6-12-25(23)26)30(39)33-16-14-21-8-2-1-3-9-21/h1-13,20,27-28,32,34H,14-19H2,(H,33,39)(H,36,38)(H2,35,37,40)/t27-,28-/m1/s1. The molecule has 0 aliphatic carbocycles. The number of hydrogen-bond donors (Lipinski definition) is 6. The van der Waals surface area contributed by atoms with Gasteiger partial charge in [-0.3, -0.25) is 15.0 Å². The van der Waals surface area contributed by atoms with Crippen LogP contribution in [0.3, 0.4) is 0 Å². The van der Waals surface area contributed by atoms with Crippen molar-refractivity contribution in [3.63, 3.8) is 0 Å². The fourth-order valence-corrected chi connectivity index (χ4v) is 5.16. The number of fused-ring (bicyclic) bond motifs is 2. The summed E-state index contributed by atoms with van der Waals surface area (Å²) in [7, 11) is 0. The number of aromatic amines is 1. The van der Waals surface area contributed by atoms with Gasteiger partial charge < -0.3 is 20.9 Å². The molecular formula is C31H34N6O3. The summed E-state index contributed by atoms with van der Waals surface area (Å²) < 4.78 is 0. The van der Waals surface area contributed by atoms with Crippen LogP contribution < -0.4 is 26.8 Å². The van der Waals surface area contributed by atoms with Crippen molar-refractivity contribution in [3.05, 3.63) is 107 Å². The van der Waals surface area contributed by atoms with Gasteiger partial charge in [0.2, 0.25) is 11.8 Å². The summed E-state index contributed by atoms with van der Waals surface area (Å²) in [6, 6.07) is 24.1. The molecule has 9 nitrogen and oxygen atoms in total. The second-order valence-corrected chi connectivity index (χ2v) is 9.95. The van der Waals surface area contributed by atoms with Gasteiger partial charge >= 0.3 is 6.03 Å². The quantitative estimate of drug-likeness (QED) is 0.183. The molecule has 1 aliphatic rings. The Morgan fingerprint density at radius 1 is 0.900 bits per heavy atom. The maximum Gasteiger partial charge on any atom is 0.334 e. The van der Waals surface area contributed by atoms with Crippen molar-refractivity contribution in [2.75, 3.05) is 13.1 Å². The summed E-state index contributed by atoms with van der Waals surface area (Å²) in [5.74, 6) is -0.629. The van der Waals surface area contributed by atoms with Crippen LogP contribution in [0.2, 0.25) is 0 Å². The Balaban J connectivity index is 1.18. The highest BCUT2D eigenvalue weighted by atomic mass is 16.2. The molecule has 0 bridgehead atoms. The number of urea groups is 1. The fourth-order valence-electron chi connectivity index (χ4n) is 5.16. The van der Waals surface area contributed by atoms with Gasteiger partial charge in [-0.15, -0.1) is 0 Å². The smallest absolute Gasteiger partial charge is 0.334 e. The molecule has 0 spiro atoms. The van der Waals surface area contributed by atoms with Gasteiger partial charge in [-0.2, -0.15) is 0 Å². The third-order valence-corrected chi connectivity index (χ3v) is 7.20. The lowest BCUT2D eigenvalue weighted by atomic mass is 9.92. The van der Waals surface area contributed by atoms with E-state index in [1.165, 1.54) is 5.56 Å². The van der Waals surface area contributed by atoms with Gasteiger partial charge in [-0.25, -0.2) is 10.2 Å². The zero-order valence-corrected chi connectivity index (χ0v) is 22.2. The molecule has 1 aliphatic heterocycles. The van der Waals surface area contributed by atoms with E-state index in [0.29, 0.717) is 13.0 Å². The summed E-state index contributed by atoms with van der Waals surface area (Å²) in [6.07, 6.45) is 3.90. The van der Waals surface area contributed by atoms with Crippen LogP contribution in [-0.2, 0) is 28.9 Å². The minimum absolute atomic E-state index is 0.125. The third kappa shape index (κ3) is 6.86. The van der Waals surface area contributed by atoms with Gasteiger partial charge in [-0.05, 0) is 47.7 Å². The van der Waals surface area contributed by atoms with Crippen molar-refractivity contribution in [1.82, 2.24) is 31.8 Å². The zero-order valence-electron chi connectivity index (χ0n) is 22.2. The maximum atomic E-state index is 13.2. The zero-order chi connectivity index (χ0) is 27.7. The minimum Gasteiger partial charge on any atom is -0.361 e. The molecule has 2 heterocycles. The van der Waals surface area contributed by atoms with Crippen molar-refractivity contribution in [2.45, 2.75) is 37.8 Å². The van der Waals surface area contributed by atoms with E-state index in [1.807, 2.05) is 79.0 Å². The third-order valence-electron chi connectivity index (χ3n) is 7.20. The molecule has 206 valence electrons. The number of carbonyl (C=O) groups excluding carboxylic acids is 3. The lowest BCUT2D eigenvalue weighted by Gasteiger charge is -2.26. The first-order valence-corrected chi connectivity index (χ1v) is 13.6. The number of hydrazine groups is 1. The predicted octanol–water partition coefficient (Wildman–Crippen LogP) is 3.05. The first-order valence-electron chi connectivity index (χ1n) is 13.6. The number of nitrogens with one attached hydrogen (secondary N) is 6. The highest BCUT2D eigenvalue weighted by molar-refractivity contribution is 5.90. The van der Waals surface area contributed by atoms with Crippen LogP contribution >= 0.6 is 0 Å². The van der Waals surface area contributed by atoms with Crippen LogP contribution in [-0.4, -0.2) is 42.0 Å². The number of hydrogen-bond acceptors (Lipinski definition) is 4. The first kappa shape index (κ1) is 27.0. The predicted molar refractivity (Wildman–Crippen MR) is 154 cm³/mol. The molecule has 0 saturated carbocycles. The van der Waals surface area contributed by atoms with Crippen LogP contribution in [0.15, 0.2) is 85.1 Å². The van der Waals surface area contributed by atoms with E-state index in [0.717, 1.165) is 40.6 Å². The van der Waals surface area contributed by atoms with Crippen molar-refractivity contribution < 1.29 is 14.4 Å². The SMILES string of the molecule is O=C(C[C@H]1NCCc2ccccc21)NNC(=O)N[C@H](Cc1c[nH]c2ccccc12)C(=O)NCCc1ccccc1. The number of H-pyrrole nitrogens is 1. The molecule has 40 heavy (non-hydrogen) atoms. The number of rotatable bonds is 9. The summed E-state index contributed by atoms with van der Waals surface area (Å²) in [6.45, 7) is 1.22. The largest absolute Gasteiger partial charge is 0.361 e. The van der Waals surface area contributed by atoms with Crippen LogP contribution in [0.5, 0.6) is 0 Å². The highest BCUT2D eigenvalue weighted by Gasteiger charge is 2.24. The van der Waals surface area contributed by atoms with E-state index in [-0.39, 0.29) is 30.7 Å². The molecule has 0 radical (unpaired) electrons. The average Bonchev–Trinajstić information content (AvgIpc) is 3.39. The molecule has 0 fully saturated rings. The van der Waals surface area contributed by atoms with Crippen molar-refractivity contribution in [2.24, 2.45) is 0 Å². The lowest BCUT2D eigenvalue weighted by Crippen LogP contribution is -2.55. The Morgan fingerprint density at radius 3 is 2.55 bits per heavy atom. The summed E-state index contributed by atoms with van der Waals surface area (Å²) >= 11 is 0. The van der Waals surface area contributed by atoms with E-state index in [1.54, 1.807) is 0 Å². The Kier molecular flexibility index (Phi) is 8.73. The van der Waals surface area contributed by atoms with Crippen molar-refractivity contribution >= 4 is 28.7 Å². The molecule has 6 N–H and O–H groups in total. The Morgan fingerprint density at radius 2 is 1.68 bits per heavy atom. The molecule has 2 atom stereocenters. The van der Waals surface area contributed by atoms with Crippen molar-refractivity contribution in [1.29, 1.82) is 0 Å². The molecule has 0 unspecified atom stereocenters. The van der Waals surface area contributed by atoms with E-state index in [9.17, 15) is 14.4 Å². The second kappa shape index (κ2) is 12.9. The molecule has 4 aromatic rings. The Bertz CT molecular complexity index is 1470. The average molecular weight is 539 g/mol. The minimum atomic E-state index is -0.848. The normalized spacial score (nSPS) is 15.1. The van der Waals surface area contributed by atoms with E-state index in [4.69, 9.17) is 0 Å². The number of aromatic nitrogens is 1. The van der Waals surface area contributed by atoms with Gasteiger partial charge in [-0.1, -0.05) is 72.8 Å². The number of amides is 4. The summed E-state index contributed by atoms with van der Waals surface area (Å²) in [5.41, 5.74) is 10.2. The molecule has 0 saturated heterocycles. The second-order valence-electron chi connectivity index (χ2n) is 9.95. The lowest BCUT2D eigenvalue weighted by molar-refractivity contribution is -0.123. The molecule has 9 heteroatoms. The first-order chi connectivity index (χ1) is 19.6. The van der Waals surface area contributed by atoms with Crippen LogP contribution in [0.1, 0.15) is 34.7 Å². The highest BCUT2D eigenvalue weighted by Crippen LogP contribution is 2.25. The monoisotopic (exact) mass is 538 g/mol. The van der Waals surface area contributed by atoms with Crippen LogP contribution in [0.25, 0.3) is 10.9 Å². The van der Waals surface area contributed by atoms with E-state index in [2.05, 4.69) is 37.9 Å². The van der Waals surface area contributed by atoms with Gasteiger partial charge in [0.05, 0.1) is 0 Å².